The summed E-state index contributed by atoms with van der Waals surface area (Å²) in [6.07, 6.45) is 0. The second-order valence-electron chi connectivity index (χ2n) is 0.307. The number of hydrogen-bond acceptors (Lipinski definition) is 2. The summed E-state index contributed by atoms with van der Waals surface area (Å²) in [5.74, 6) is 0. The van der Waals surface area contributed by atoms with Crippen LogP contribution in [0.3, 0.4) is 0 Å². The van der Waals surface area contributed by atoms with Crippen molar-refractivity contribution in [1.82, 2.24) is 0 Å². The molecule has 0 amide bonds. The van der Waals surface area contributed by atoms with Gasteiger partial charge in [0.15, 0.2) is 16.3 Å². The Kier molecular flexibility index (Phi) is 2.99. The molecule has 30 valence electrons. The fourth-order valence-electron chi connectivity index (χ4n) is 0. The maximum Gasteiger partial charge on any atom is 0.706 e. The molecular weight excluding hydrogens is 159 g/mol. The first-order chi connectivity index (χ1) is 2.27. The van der Waals surface area contributed by atoms with Crippen LogP contribution in [0, 0.1) is 0 Å². The quantitative estimate of drug-likeness (QED) is 0.581. The minimum atomic E-state index is -2.43. The van der Waals surface area contributed by atoms with E-state index in [9.17, 15) is 4.57 Å². The summed E-state index contributed by atoms with van der Waals surface area (Å²) in [4.78, 5) is 7.60. The van der Waals surface area contributed by atoms with E-state index in [1.807, 2.05) is 0 Å². The predicted molar refractivity (Wildman–Crippen MR) is 19.8 cm³/mol. The van der Waals surface area contributed by atoms with Gasteiger partial charge in [0.05, 0.1) is 0 Å². The molecule has 1 unspecified atom stereocenters. The van der Waals surface area contributed by atoms with Crippen LogP contribution in [0.25, 0.3) is 0 Å². The van der Waals surface area contributed by atoms with Crippen LogP contribution in [0.4, 0.5) is 0 Å². The van der Waals surface area contributed by atoms with Crippen LogP contribution in [0.2, 0.25) is 0 Å². The molecule has 0 aliphatic heterocycles. The minimum absolute atomic E-state index is 2.28. The highest BCUT2D eigenvalue weighted by molar-refractivity contribution is 9.06. The zero-order valence-corrected chi connectivity index (χ0v) is 4.57. The first kappa shape index (κ1) is 5.50. The molecule has 0 bridgehead atoms. The van der Waals surface area contributed by atoms with E-state index in [0.29, 0.717) is 0 Å². The molecule has 0 fully saturated rings. The van der Waals surface area contributed by atoms with Crippen molar-refractivity contribution in [2.45, 2.75) is 0 Å². The standard InChI is InChI=1S/BrO3P/c1-4-5(2)3/p+1. The highest BCUT2D eigenvalue weighted by Crippen LogP contribution is 2.17. The van der Waals surface area contributed by atoms with Crippen molar-refractivity contribution in [3.63, 3.8) is 0 Å². The van der Waals surface area contributed by atoms with Crippen LogP contribution in [-0.2, 0) is 8.18 Å². The van der Waals surface area contributed by atoms with Gasteiger partial charge >= 0.3 is 8.25 Å². The molecule has 0 saturated heterocycles. The van der Waals surface area contributed by atoms with Gasteiger partial charge < -0.3 is 0 Å². The highest BCUT2D eigenvalue weighted by Gasteiger charge is 2.05. The lowest BCUT2D eigenvalue weighted by molar-refractivity contribution is 0.439. The van der Waals surface area contributed by atoms with Gasteiger partial charge in [-0.2, -0.15) is 0 Å². The van der Waals surface area contributed by atoms with Crippen molar-refractivity contribution in [3.05, 3.63) is 0 Å². The molecule has 1 N–H and O–H groups in total. The summed E-state index contributed by atoms with van der Waals surface area (Å²) in [6, 6.07) is 0. The molecule has 0 aromatic carbocycles. The van der Waals surface area contributed by atoms with Gasteiger partial charge in [0.1, 0.15) is 0 Å². The zero-order valence-electron chi connectivity index (χ0n) is 2.09. The lowest BCUT2D eigenvalue weighted by atomic mass is 15.8. The first-order valence-corrected chi connectivity index (χ1v) is 2.50. The van der Waals surface area contributed by atoms with E-state index in [-0.39, 0.29) is 0 Å². The van der Waals surface area contributed by atoms with Crippen molar-refractivity contribution in [2.75, 3.05) is 0 Å². The molecule has 3 nitrogen and oxygen atoms in total. The number of rotatable bonds is 1. The van der Waals surface area contributed by atoms with Crippen LogP contribution in [0.5, 0.6) is 0 Å². The summed E-state index contributed by atoms with van der Waals surface area (Å²) < 4.78 is 12.9. The third-order valence-electron chi connectivity index (χ3n) is 0.0590. The van der Waals surface area contributed by atoms with E-state index < -0.39 is 8.25 Å². The summed E-state index contributed by atoms with van der Waals surface area (Å²) in [5, 5.41) is 0. The van der Waals surface area contributed by atoms with Crippen molar-refractivity contribution in [3.8, 4) is 0 Å². The molecule has 5 heavy (non-hydrogen) atoms. The molecule has 0 spiro atoms. The average molecular weight is 160 g/mol. The third-order valence-corrected chi connectivity index (χ3v) is 0.920. The van der Waals surface area contributed by atoms with Crippen LogP contribution in [0.1, 0.15) is 0 Å². The summed E-state index contributed by atoms with van der Waals surface area (Å²) in [7, 11) is -2.43. The molecule has 0 heterocycles. The molecule has 1 atom stereocenters. The molecule has 0 saturated carbocycles. The summed E-state index contributed by atoms with van der Waals surface area (Å²) in [5.41, 5.74) is 0. The zero-order chi connectivity index (χ0) is 4.28. The largest absolute Gasteiger partial charge is 0.706 e. The van der Waals surface area contributed by atoms with Gasteiger partial charge in [-0.05, 0) is 3.62 Å². The summed E-state index contributed by atoms with van der Waals surface area (Å²) in [6.45, 7) is 0. The second-order valence-corrected chi connectivity index (χ2v) is 1.79. The van der Waals surface area contributed by atoms with Crippen LogP contribution >= 0.6 is 24.5 Å². The molecule has 5 heteroatoms. The Bertz CT molecular complexity index is 42.2. The van der Waals surface area contributed by atoms with Gasteiger partial charge in [-0.25, -0.2) is 0 Å². The van der Waals surface area contributed by atoms with Gasteiger partial charge in [0.2, 0.25) is 0 Å². The number of halogens is 1. The van der Waals surface area contributed by atoms with Gasteiger partial charge in [-0.3, -0.25) is 0 Å². The maximum atomic E-state index is 9.25. The Labute approximate surface area is 38.4 Å². The lowest BCUT2D eigenvalue weighted by Crippen LogP contribution is -1.44. The minimum Gasteiger partial charge on any atom is -0.133 e. The van der Waals surface area contributed by atoms with Gasteiger partial charge in [-0.1, -0.05) is 0 Å². The first-order valence-electron chi connectivity index (χ1n) is 0.719. The Morgan fingerprint density at radius 2 is 2.20 bits per heavy atom. The van der Waals surface area contributed by atoms with Gasteiger partial charge in [0.25, 0.3) is 0 Å². The molecule has 0 radical (unpaired) electrons. The smallest absolute Gasteiger partial charge is 0.133 e. The fourth-order valence-corrected chi connectivity index (χ4v) is 0. The Balaban J connectivity index is 2.85. The van der Waals surface area contributed by atoms with E-state index in [4.69, 9.17) is 4.89 Å². The van der Waals surface area contributed by atoms with Crippen LogP contribution in [-0.4, -0.2) is 4.89 Å². The van der Waals surface area contributed by atoms with E-state index in [1.54, 1.807) is 0 Å². The summed E-state index contributed by atoms with van der Waals surface area (Å²) >= 11 is 2.28. The highest BCUT2D eigenvalue weighted by atomic mass is 79.9. The Hall–Kier alpha value is 0.500. The SMILES string of the molecule is O=[P+](O)OBr. The van der Waals surface area contributed by atoms with Crippen LogP contribution in [0.15, 0.2) is 0 Å². The molecule has 0 aliphatic rings. The monoisotopic (exact) mass is 159 g/mol. The third kappa shape index (κ3) is 4.50. The maximum absolute atomic E-state index is 9.25. The lowest BCUT2D eigenvalue weighted by Gasteiger charge is -1.50. The van der Waals surface area contributed by atoms with Gasteiger partial charge in [0, 0.05) is 4.57 Å². The van der Waals surface area contributed by atoms with E-state index in [1.165, 1.54) is 0 Å². The van der Waals surface area contributed by atoms with Crippen molar-refractivity contribution in [2.24, 2.45) is 0 Å². The van der Waals surface area contributed by atoms with Crippen molar-refractivity contribution in [1.29, 1.82) is 0 Å². The number of hydrogen-bond donors (Lipinski definition) is 1. The normalized spacial score (nSPS) is 11.2. The molecule has 0 aliphatic carbocycles. The molecule has 0 aromatic rings. The Morgan fingerprint density at radius 1 is 2.00 bits per heavy atom. The van der Waals surface area contributed by atoms with E-state index >= 15 is 0 Å². The predicted octanol–water partition coefficient (Wildman–Crippen LogP) is 0.963. The molecular formula is HBrO3P+. The Morgan fingerprint density at radius 3 is 2.20 bits per heavy atom. The van der Waals surface area contributed by atoms with E-state index in [2.05, 4.69) is 19.9 Å². The van der Waals surface area contributed by atoms with E-state index in [0.717, 1.165) is 0 Å². The second kappa shape index (κ2) is 2.72. The molecule has 0 rings (SSSR count). The van der Waals surface area contributed by atoms with Gasteiger partial charge in [-0.15, -0.1) is 4.89 Å². The molecule has 0 aromatic heterocycles. The topological polar surface area (TPSA) is 46.5 Å². The fraction of sp³-hybridized carbons (Fsp3) is 0. The average Bonchev–Trinajstić information content (AvgIpc) is 1.38. The van der Waals surface area contributed by atoms with Crippen molar-refractivity contribution < 1.29 is 13.1 Å². The van der Waals surface area contributed by atoms with Crippen molar-refractivity contribution >= 4 is 24.5 Å². The van der Waals surface area contributed by atoms with Crippen LogP contribution < -0.4 is 0 Å².